The second-order valence-corrected chi connectivity index (χ2v) is 7.09. The SMILES string of the molecule is Cc1nnc(C2CCN(S(=O)(=O)c3ccccc3)CC2)o1. The molecule has 0 saturated carbocycles. The van der Waals surface area contributed by atoms with E-state index in [0.717, 1.165) is 0 Å². The van der Waals surface area contributed by atoms with Gasteiger partial charge in [0.15, 0.2) is 0 Å². The van der Waals surface area contributed by atoms with E-state index in [1.807, 2.05) is 6.07 Å². The summed E-state index contributed by atoms with van der Waals surface area (Å²) in [6, 6.07) is 8.54. The maximum absolute atomic E-state index is 12.5. The van der Waals surface area contributed by atoms with Gasteiger partial charge in [-0.25, -0.2) is 8.42 Å². The third-order valence-corrected chi connectivity index (χ3v) is 5.64. The number of nitrogens with zero attached hydrogens (tertiary/aromatic N) is 3. The number of benzene rings is 1. The number of piperidine rings is 1. The molecule has 0 aliphatic carbocycles. The van der Waals surface area contributed by atoms with E-state index >= 15 is 0 Å². The highest BCUT2D eigenvalue weighted by molar-refractivity contribution is 7.89. The molecule has 7 heteroatoms. The van der Waals surface area contributed by atoms with E-state index in [0.29, 0.717) is 42.6 Å². The molecule has 21 heavy (non-hydrogen) atoms. The molecule has 1 saturated heterocycles. The third kappa shape index (κ3) is 2.84. The lowest BCUT2D eigenvalue weighted by atomic mass is 9.98. The summed E-state index contributed by atoms with van der Waals surface area (Å²) in [4.78, 5) is 0.345. The van der Waals surface area contributed by atoms with Crippen LogP contribution in [0.4, 0.5) is 0 Å². The number of aryl methyl sites for hydroxylation is 1. The first-order chi connectivity index (χ1) is 10.1. The zero-order valence-electron chi connectivity index (χ0n) is 11.8. The van der Waals surface area contributed by atoms with Gasteiger partial charge in [0.05, 0.1) is 4.90 Å². The largest absolute Gasteiger partial charge is 0.425 e. The Balaban J connectivity index is 1.71. The first-order valence-electron chi connectivity index (χ1n) is 6.92. The lowest BCUT2D eigenvalue weighted by molar-refractivity contribution is 0.288. The maximum Gasteiger partial charge on any atom is 0.243 e. The van der Waals surface area contributed by atoms with Crippen molar-refractivity contribution in [3.63, 3.8) is 0 Å². The Morgan fingerprint density at radius 1 is 1.14 bits per heavy atom. The molecule has 1 aliphatic rings. The first-order valence-corrected chi connectivity index (χ1v) is 8.36. The zero-order valence-corrected chi connectivity index (χ0v) is 12.6. The number of aromatic nitrogens is 2. The molecule has 1 aliphatic heterocycles. The topological polar surface area (TPSA) is 76.3 Å². The van der Waals surface area contributed by atoms with Crippen LogP contribution in [-0.2, 0) is 10.0 Å². The minimum atomic E-state index is -3.40. The molecule has 0 bridgehead atoms. The van der Waals surface area contributed by atoms with Crippen LogP contribution in [-0.4, -0.2) is 36.0 Å². The highest BCUT2D eigenvalue weighted by atomic mass is 32.2. The second kappa shape index (κ2) is 5.57. The Bertz CT molecular complexity index is 704. The smallest absolute Gasteiger partial charge is 0.243 e. The van der Waals surface area contributed by atoms with Crippen molar-refractivity contribution in [3.8, 4) is 0 Å². The molecule has 1 aromatic heterocycles. The molecule has 2 heterocycles. The van der Waals surface area contributed by atoms with E-state index in [2.05, 4.69) is 10.2 Å². The van der Waals surface area contributed by atoms with Crippen LogP contribution in [0.3, 0.4) is 0 Å². The molecule has 0 N–H and O–H groups in total. The van der Waals surface area contributed by atoms with Crippen LogP contribution in [0.5, 0.6) is 0 Å². The second-order valence-electron chi connectivity index (χ2n) is 5.15. The van der Waals surface area contributed by atoms with Crippen LogP contribution >= 0.6 is 0 Å². The first kappa shape index (κ1) is 14.2. The summed E-state index contributed by atoms with van der Waals surface area (Å²) in [5, 5.41) is 7.86. The quantitative estimate of drug-likeness (QED) is 0.866. The molecule has 0 atom stereocenters. The summed E-state index contributed by atoms with van der Waals surface area (Å²) in [5.41, 5.74) is 0. The van der Waals surface area contributed by atoms with E-state index < -0.39 is 10.0 Å². The van der Waals surface area contributed by atoms with Gasteiger partial charge < -0.3 is 4.42 Å². The van der Waals surface area contributed by atoms with Crippen molar-refractivity contribution in [2.45, 2.75) is 30.6 Å². The predicted molar refractivity (Wildman–Crippen MR) is 76.2 cm³/mol. The average Bonchev–Trinajstić information content (AvgIpc) is 2.95. The monoisotopic (exact) mass is 307 g/mol. The summed E-state index contributed by atoms with van der Waals surface area (Å²) in [6.07, 6.45) is 1.40. The summed E-state index contributed by atoms with van der Waals surface area (Å²) >= 11 is 0. The summed E-state index contributed by atoms with van der Waals surface area (Å²) < 4.78 is 32.0. The molecule has 0 amide bonds. The molecule has 112 valence electrons. The van der Waals surface area contributed by atoms with Crippen molar-refractivity contribution < 1.29 is 12.8 Å². The van der Waals surface area contributed by atoms with Crippen molar-refractivity contribution in [2.24, 2.45) is 0 Å². The predicted octanol–water partition coefficient (Wildman–Crippen LogP) is 1.95. The van der Waals surface area contributed by atoms with E-state index in [1.54, 1.807) is 31.2 Å². The molecule has 2 aromatic rings. The van der Waals surface area contributed by atoms with Crippen LogP contribution in [0, 0.1) is 6.92 Å². The lowest BCUT2D eigenvalue weighted by Gasteiger charge is -2.29. The van der Waals surface area contributed by atoms with Gasteiger partial charge in [0, 0.05) is 25.9 Å². The standard InChI is InChI=1S/C14H17N3O3S/c1-11-15-16-14(20-11)12-7-9-17(10-8-12)21(18,19)13-5-3-2-4-6-13/h2-6,12H,7-10H2,1H3. The van der Waals surface area contributed by atoms with Gasteiger partial charge in [-0.1, -0.05) is 18.2 Å². The minimum Gasteiger partial charge on any atom is -0.425 e. The highest BCUT2D eigenvalue weighted by Crippen LogP contribution is 2.29. The van der Waals surface area contributed by atoms with E-state index in [1.165, 1.54) is 4.31 Å². The van der Waals surface area contributed by atoms with Gasteiger partial charge in [-0.15, -0.1) is 10.2 Å². The van der Waals surface area contributed by atoms with Crippen LogP contribution in [0.1, 0.15) is 30.5 Å². The number of hydrogen-bond donors (Lipinski definition) is 0. The molecule has 3 rings (SSSR count). The molecule has 0 unspecified atom stereocenters. The van der Waals surface area contributed by atoms with Crippen LogP contribution in [0.15, 0.2) is 39.6 Å². The van der Waals surface area contributed by atoms with Gasteiger partial charge in [-0.05, 0) is 25.0 Å². The fraction of sp³-hybridized carbons (Fsp3) is 0.429. The Kier molecular flexibility index (Phi) is 3.77. The van der Waals surface area contributed by atoms with Crippen molar-refractivity contribution in [1.29, 1.82) is 0 Å². The highest BCUT2D eigenvalue weighted by Gasteiger charge is 2.31. The molecular weight excluding hydrogens is 290 g/mol. The summed E-state index contributed by atoms with van der Waals surface area (Å²) in [7, 11) is -3.40. The van der Waals surface area contributed by atoms with Crippen LogP contribution < -0.4 is 0 Å². The van der Waals surface area contributed by atoms with Crippen molar-refractivity contribution in [2.75, 3.05) is 13.1 Å². The normalized spacial score (nSPS) is 18.0. The fourth-order valence-electron chi connectivity index (χ4n) is 2.56. The molecule has 0 radical (unpaired) electrons. The zero-order chi connectivity index (χ0) is 14.9. The Hall–Kier alpha value is -1.73. The van der Waals surface area contributed by atoms with Gasteiger partial charge in [0.1, 0.15) is 0 Å². The lowest BCUT2D eigenvalue weighted by Crippen LogP contribution is -2.37. The van der Waals surface area contributed by atoms with Crippen LogP contribution in [0.25, 0.3) is 0 Å². The molecule has 6 nitrogen and oxygen atoms in total. The van der Waals surface area contributed by atoms with Gasteiger partial charge in [-0.3, -0.25) is 0 Å². The van der Waals surface area contributed by atoms with Gasteiger partial charge in [0.2, 0.25) is 21.8 Å². The van der Waals surface area contributed by atoms with Gasteiger partial charge >= 0.3 is 0 Å². The summed E-state index contributed by atoms with van der Waals surface area (Å²) in [5.74, 6) is 1.31. The Morgan fingerprint density at radius 3 is 2.38 bits per heavy atom. The van der Waals surface area contributed by atoms with E-state index in [-0.39, 0.29) is 5.92 Å². The summed E-state index contributed by atoms with van der Waals surface area (Å²) in [6.45, 7) is 2.71. The van der Waals surface area contributed by atoms with Crippen molar-refractivity contribution >= 4 is 10.0 Å². The van der Waals surface area contributed by atoms with Gasteiger partial charge in [-0.2, -0.15) is 4.31 Å². The molecular formula is C14H17N3O3S. The average molecular weight is 307 g/mol. The maximum atomic E-state index is 12.5. The number of sulfonamides is 1. The molecule has 1 fully saturated rings. The van der Waals surface area contributed by atoms with E-state index in [4.69, 9.17) is 4.42 Å². The van der Waals surface area contributed by atoms with Crippen LogP contribution in [0.2, 0.25) is 0 Å². The fourth-order valence-corrected chi connectivity index (χ4v) is 4.05. The van der Waals surface area contributed by atoms with Crippen molar-refractivity contribution in [1.82, 2.24) is 14.5 Å². The molecule has 1 aromatic carbocycles. The van der Waals surface area contributed by atoms with Crippen molar-refractivity contribution in [3.05, 3.63) is 42.1 Å². The molecule has 0 spiro atoms. The third-order valence-electron chi connectivity index (χ3n) is 3.73. The Morgan fingerprint density at radius 2 is 1.81 bits per heavy atom. The number of rotatable bonds is 3. The van der Waals surface area contributed by atoms with E-state index in [9.17, 15) is 8.42 Å². The number of hydrogen-bond acceptors (Lipinski definition) is 5. The Labute approximate surface area is 123 Å². The van der Waals surface area contributed by atoms with Gasteiger partial charge in [0.25, 0.3) is 0 Å². The minimum absolute atomic E-state index is 0.147.